The minimum atomic E-state index is 0.543. The molecule has 0 aliphatic carbocycles. The molecule has 2 rings (SSSR count). The van der Waals surface area contributed by atoms with Crippen LogP contribution in [0, 0.1) is 5.92 Å². The zero-order valence-electron chi connectivity index (χ0n) is 13.5. The molecular weight excluding hydrogens is 244 g/mol. The highest BCUT2D eigenvalue weighted by atomic mass is 15.2. The molecule has 2 heteroatoms. The lowest BCUT2D eigenvalue weighted by atomic mass is 9.94. The van der Waals surface area contributed by atoms with Gasteiger partial charge < -0.3 is 5.32 Å². The second kappa shape index (κ2) is 7.24. The highest BCUT2D eigenvalue weighted by Crippen LogP contribution is 2.23. The van der Waals surface area contributed by atoms with Crippen molar-refractivity contribution in [3.8, 4) is 0 Å². The molecule has 0 radical (unpaired) electrons. The molecule has 2 unspecified atom stereocenters. The van der Waals surface area contributed by atoms with Gasteiger partial charge in [0.2, 0.25) is 0 Å². The van der Waals surface area contributed by atoms with Crippen molar-refractivity contribution >= 4 is 0 Å². The Morgan fingerprint density at radius 3 is 2.70 bits per heavy atom. The molecule has 1 N–H and O–H groups in total. The normalized spacial score (nSPS) is 24.2. The third-order valence-electron chi connectivity index (χ3n) is 4.34. The van der Waals surface area contributed by atoms with Crippen LogP contribution in [0.4, 0.5) is 0 Å². The molecule has 0 spiro atoms. The number of hydrogen-bond donors (Lipinski definition) is 1. The molecule has 0 amide bonds. The number of likely N-dealkylation sites (tertiary alicyclic amines) is 1. The fourth-order valence-electron chi connectivity index (χ4n) is 2.99. The summed E-state index contributed by atoms with van der Waals surface area (Å²) in [4.78, 5) is 2.64. The van der Waals surface area contributed by atoms with Crippen molar-refractivity contribution in [1.82, 2.24) is 10.2 Å². The Hall–Kier alpha value is -0.860. The van der Waals surface area contributed by atoms with Gasteiger partial charge in [-0.05, 0) is 36.8 Å². The van der Waals surface area contributed by atoms with Gasteiger partial charge in [-0.15, -0.1) is 0 Å². The first-order valence-electron chi connectivity index (χ1n) is 8.10. The summed E-state index contributed by atoms with van der Waals surface area (Å²) in [6.07, 6.45) is 2.73. The van der Waals surface area contributed by atoms with Gasteiger partial charge in [0.1, 0.15) is 0 Å². The van der Waals surface area contributed by atoms with Crippen LogP contribution < -0.4 is 5.32 Å². The lowest BCUT2D eigenvalue weighted by Crippen LogP contribution is -2.40. The highest BCUT2D eigenvalue weighted by Gasteiger charge is 2.22. The molecule has 1 aromatic carbocycles. The first-order chi connectivity index (χ1) is 9.54. The molecule has 0 bridgehead atoms. The van der Waals surface area contributed by atoms with Crippen LogP contribution in [0.5, 0.6) is 0 Å². The van der Waals surface area contributed by atoms with Crippen LogP contribution in [0.1, 0.15) is 51.7 Å². The van der Waals surface area contributed by atoms with Gasteiger partial charge >= 0.3 is 0 Å². The van der Waals surface area contributed by atoms with E-state index in [1.165, 1.54) is 30.5 Å². The molecule has 1 fully saturated rings. The minimum Gasteiger partial charge on any atom is -0.310 e. The van der Waals surface area contributed by atoms with Gasteiger partial charge in [0, 0.05) is 31.7 Å². The topological polar surface area (TPSA) is 15.3 Å². The zero-order valence-corrected chi connectivity index (χ0v) is 13.5. The fourth-order valence-corrected chi connectivity index (χ4v) is 2.99. The van der Waals surface area contributed by atoms with Crippen LogP contribution in [0.3, 0.4) is 0 Å². The third kappa shape index (κ3) is 4.60. The number of rotatable bonds is 5. The lowest BCUT2D eigenvalue weighted by Gasteiger charge is -2.36. The standard InChI is InChI=1S/C18H30N2/c1-14(2)19-11-17-6-5-7-18(10-17)13-20-12-15(3)8-9-16(20)4/h5-7,10,14-16,19H,8-9,11-13H2,1-4H3. The van der Waals surface area contributed by atoms with Crippen molar-refractivity contribution in [1.29, 1.82) is 0 Å². The van der Waals surface area contributed by atoms with Crippen molar-refractivity contribution in [2.75, 3.05) is 6.54 Å². The first-order valence-corrected chi connectivity index (χ1v) is 8.10. The van der Waals surface area contributed by atoms with Gasteiger partial charge in [-0.25, -0.2) is 0 Å². The van der Waals surface area contributed by atoms with Crippen molar-refractivity contribution in [3.63, 3.8) is 0 Å². The molecular formula is C18H30N2. The van der Waals surface area contributed by atoms with Crippen LogP contribution in [0.2, 0.25) is 0 Å². The predicted molar refractivity (Wildman–Crippen MR) is 86.7 cm³/mol. The Bertz CT molecular complexity index is 414. The quantitative estimate of drug-likeness (QED) is 0.878. The second-order valence-corrected chi connectivity index (χ2v) is 6.82. The lowest BCUT2D eigenvalue weighted by molar-refractivity contribution is 0.117. The summed E-state index contributed by atoms with van der Waals surface area (Å²) in [7, 11) is 0. The number of nitrogens with zero attached hydrogens (tertiary/aromatic N) is 1. The van der Waals surface area contributed by atoms with Crippen LogP contribution >= 0.6 is 0 Å². The minimum absolute atomic E-state index is 0.543. The number of hydrogen-bond acceptors (Lipinski definition) is 2. The maximum Gasteiger partial charge on any atom is 0.0236 e. The van der Waals surface area contributed by atoms with Crippen molar-refractivity contribution in [2.45, 2.75) is 65.7 Å². The van der Waals surface area contributed by atoms with E-state index in [0.29, 0.717) is 6.04 Å². The molecule has 1 aliphatic rings. The van der Waals surface area contributed by atoms with E-state index in [-0.39, 0.29) is 0 Å². The van der Waals surface area contributed by atoms with Crippen LogP contribution in [0.15, 0.2) is 24.3 Å². The van der Waals surface area contributed by atoms with Gasteiger partial charge in [0.25, 0.3) is 0 Å². The van der Waals surface area contributed by atoms with Gasteiger partial charge in [0.15, 0.2) is 0 Å². The number of nitrogens with one attached hydrogen (secondary N) is 1. The number of piperidine rings is 1. The summed E-state index contributed by atoms with van der Waals surface area (Å²) in [6, 6.07) is 10.3. The predicted octanol–water partition coefficient (Wildman–Crippen LogP) is 3.81. The van der Waals surface area contributed by atoms with E-state index < -0.39 is 0 Å². The molecule has 112 valence electrons. The summed E-state index contributed by atoms with van der Waals surface area (Å²) in [5.74, 6) is 0.844. The van der Waals surface area contributed by atoms with Crippen molar-refractivity contribution in [2.24, 2.45) is 5.92 Å². The summed E-state index contributed by atoms with van der Waals surface area (Å²) in [5, 5.41) is 3.49. The number of benzene rings is 1. The summed E-state index contributed by atoms with van der Waals surface area (Å²) in [6.45, 7) is 12.5. The zero-order chi connectivity index (χ0) is 14.5. The van der Waals surface area contributed by atoms with E-state index in [1.54, 1.807) is 0 Å². The first kappa shape index (κ1) is 15.5. The Morgan fingerprint density at radius 2 is 1.95 bits per heavy atom. The molecule has 1 aromatic rings. The van der Waals surface area contributed by atoms with E-state index in [9.17, 15) is 0 Å². The van der Waals surface area contributed by atoms with Crippen molar-refractivity contribution < 1.29 is 0 Å². The highest BCUT2D eigenvalue weighted by molar-refractivity contribution is 5.23. The van der Waals surface area contributed by atoms with Crippen LogP contribution in [-0.4, -0.2) is 23.5 Å². The fraction of sp³-hybridized carbons (Fsp3) is 0.667. The van der Waals surface area contributed by atoms with Gasteiger partial charge in [0.05, 0.1) is 0 Å². The van der Waals surface area contributed by atoms with E-state index in [2.05, 4.69) is 62.2 Å². The Kier molecular flexibility index (Phi) is 5.62. The molecule has 20 heavy (non-hydrogen) atoms. The molecule has 0 saturated carbocycles. The Morgan fingerprint density at radius 1 is 1.20 bits per heavy atom. The van der Waals surface area contributed by atoms with Gasteiger partial charge in [-0.1, -0.05) is 45.0 Å². The maximum atomic E-state index is 3.49. The largest absolute Gasteiger partial charge is 0.310 e. The SMILES string of the molecule is CC1CCC(C)N(Cc2cccc(CNC(C)C)c2)C1. The van der Waals surface area contributed by atoms with E-state index >= 15 is 0 Å². The van der Waals surface area contributed by atoms with E-state index in [0.717, 1.165) is 25.0 Å². The average molecular weight is 274 g/mol. The third-order valence-corrected chi connectivity index (χ3v) is 4.34. The molecule has 2 nitrogen and oxygen atoms in total. The molecule has 2 atom stereocenters. The van der Waals surface area contributed by atoms with Crippen molar-refractivity contribution in [3.05, 3.63) is 35.4 Å². The van der Waals surface area contributed by atoms with Crippen LogP contribution in [-0.2, 0) is 13.1 Å². The Balaban J connectivity index is 1.96. The second-order valence-electron chi connectivity index (χ2n) is 6.82. The van der Waals surface area contributed by atoms with Crippen LogP contribution in [0.25, 0.3) is 0 Å². The van der Waals surface area contributed by atoms with E-state index in [4.69, 9.17) is 0 Å². The summed E-state index contributed by atoms with van der Waals surface area (Å²) in [5.41, 5.74) is 2.85. The average Bonchev–Trinajstić information content (AvgIpc) is 2.41. The van der Waals surface area contributed by atoms with Gasteiger partial charge in [-0.2, -0.15) is 0 Å². The van der Waals surface area contributed by atoms with Gasteiger partial charge in [-0.3, -0.25) is 4.90 Å². The summed E-state index contributed by atoms with van der Waals surface area (Å²) >= 11 is 0. The summed E-state index contributed by atoms with van der Waals surface area (Å²) < 4.78 is 0. The maximum absolute atomic E-state index is 3.49. The smallest absolute Gasteiger partial charge is 0.0236 e. The van der Waals surface area contributed by atoms with E-state index in [1.807, 2.05) is 0 Å². The monoisotopic (exact) mass is 274 g/mol. The molecule has 1 saturated heterocycles. The Labute approximate surface area is 124 Å². The molecule has 0 aromatic heterocycles. The molecule has 1 aliphatic heterocycles. The molecule has 1 heterocycles.